The SMILES string of the molecule is O=C(Nc1cccc(C(F)(F)F)c1)c1cnc(NC2CC2)nc1. The van der Waals surface area contributed by atoms with Crippen LogP contribution in [0.15, 0.2) is 36.7 Å². The molecule has 8 heteroatoms. The lowest BCUT2D eigenvalue weighted by Crippen LogP contribution is -2.14. The summed E-state index contributed by atoms with van der Waals surface area (Å²) in [6.45, 7) is 0. The van der Waals surface area contributed by atoms with E-state index in [0.29, 0.717) is 12.0 Å². The van der Waals surface area contributed by atoms with Gasteiger partial charge in [0.2, 0.25) is 5.95 Å². The van der Waals surface area contributed by atoms with E-state index in [1.165, 1.54) is 24.5 Å². The summed E-state index contributed by atoms with van der Waals surface area (Å²) in [4.78, 5) is 20.1. The molecule has 23 heavy (non-hydrogen) atoms. The summed E-state index contributed by atoms with van der Waals surface area (Å²) >= 11 is 0. The molecule has 1 aliphatic rings. The van der Waals surface area contributed by atoms with Crippen LogP contribution in [0.3, 0.4) is 0 Å². The molecule has 1 saturated carbocycles. The second-order valence-electron chi connectivity index (χ2n) is 5.25. The van der Waals surface area contributed by atoms with Crippen LogP contribution in [0.1, 0.15) is 28.8 Å². The normalized spacial score (nSPS) is 14.4. The largest absolute Gasteiger partial charge is 0.416 e. The van der Waals surface area contributed by atoms with Crippen molar-refractivity contribution in [2.45, 2.75) is 25.1 Å². The van der Waals surface area contributed by atoms with Crippen LogP contribution in [-0.2, 0) is 6.18 Å². The monoisotopic (exact) mass is 322 g/mol. The summed E-state index contributed by atoms with van der Waals surface area (Å²) in [6, 6.07) is 4.83. The molecule has 0 spiro atoms. The molecule has 5 nitrogen and oxygen atoms in total. The van der Waals surface area contributed by atoms with Gasteiger partial charge in [0.05, 0.1) is 11.1 Å². The highest BCUT2D eigenvalue weighted by atomic mass is 19.4. The molecule has 2 aromatic rings. The fourth-order valence-electron chi connectivity index (χ4n) is 1.91. The molecular weight excluding hydrogens is 309 g/mol. The minimum Gasteiger partial charge on any atom is -0.351 e. The number of anilines is 2. The highest BCUT2D eigenvalue weighted by Crippen LogP contribution is 2.30. The highest BCUT2D eigenvalue weighted by molar-refractivity contribution is 6.03. The predicted molar refractivity (Wildman–Crippen MR) is 78.1 cm³/mol. The molecular formula is C15H13F3N4O. The average molecular weight is 322 g/mol. The number of halogens is 3. The van der Waals surface area contributed by atoms with Crippen molar-refractivity contribution in [1.29, 1.82) is 0 Å². The number of rotatable bonds is 4. The minimum absolute atomic E-state index is 0.0602. The van der Waals surface area contributed by atoms with E-state index in [0.717, 1.165) is 25.0 Å². The van der Waals surface area contributed by atoms with Crippen molar-refractivity contribution in [3.05, 3.63) is 47.8 Å². The smallest absolute Gasteiger partial charge is 0.351 e. The van der Waals surface area contributed by atoms with Gasteiger partial charge >= 0.3 is 6.18 Å². The van der Waals surface area contributed by atoms with Crippen molar-refractivity contribution in [2.75, 3.05) is 10.6 Å². The fourth-order valence-corrected chi connectivity index (χ4v) is 1.91. The van der Waals surface area contributed by atoms with E-state index < -0.39 is 17.6 Å². The first-order chi connectivity index (χ1) is 10.9. The Morgan fingerprint density at radius 2 is 1.87 bits per heavy atom. The van der Waals surface area contributed by atoms with E-state index in [1.54, 1.807) is 0 Å². The van der Waals surface area contributed by atoms with Crippen molar-refractivity contribution >= 4 is 17.5 Å². The minimum atomic E-state index is -4.46. The third kappa shape index (κ3) is 3.97. The van der Waals surface area contributed by atoms with E-state index in [4.69, 9.17) is 0 Å². The zero-order chi connectivity index (χ0) is 16.4. The maximum atomic E-state index is 12.6. The van der Waals surface area contributed by atoms with Gasteiger partial charge in [-0.05, 0) is 31.0 Å². The molecule has 1 fully saturated rings. The van der Waals surface area contributed by atoms with Gasteiger partial charge in [0.15, 0.2) is 0 Å². The molecule has 0 saturated heterocycles. The standard InChI is InChI=1S/C15H13F3N4O/c16-15(17,18)10-2-1-3-12(6-10)21-13(23)9-7-19-14(20-8-9)22-11-4-5-11/h1-3,6-8,11H,4-5H2,(H,21,23)(H,19,20,22). The van der Waals surface area contributed by atoms with Gasteiger partial charge < -0.3 is 10.6 Å². The number of benzene rings is 1. The molecule has 3 rings (SSSR count). The number of amides is 1. The van der Waals surface area contributed by atoms with E-state index >= 15 is 0 Å². The molecule has 1 aromatic heterocycles. The van der Waals surface area contributed by atoms with Crippen LogP contribution in [-0.4, -0.2) is 21.9 Å². The molecule has 120 valence electrons. The Kier molecular flexibility index (Phi) is 3.89. The first-order valence-corrected chi connectivity index (χ1v) is 6.99. The number of hydrogen-bond donors (Lipinski definition) is 2. The van der Waals surface area contributed by atoms with Crippen molar-refractivity contribution in [3.63, 3.8) is 0 Å². The summed E-state index contributed by atoms with van der Waals surface area (Å²) in [5.41, 5.74) is -0.593. The second kappa shape index (κ2) is 5.86. The average Bonchev–Trinajstić information content (AvgIpc) is 3.31. The summed E-state index contributed by atoms with van der Waals surface area (Å²) in [7, 11) is 0. The molecule has 0 aliphatic heterocycles. The fraction of sp³-hybridized carbons (Fsp3) is 0.267. The molecule has 0 unspecified atom stereocenters. The maximum Gasteiger partial charge on any atom is 0.416 e. The van der Waals surface area contributed by atoms with Crippen LogP contribution in [0, 0.1) is 0 Å². The van der Waals surface area contributed by atoms with Gasteiger partial charge in [-0.15, -0.1) is 0 Å². The number of alkyl halides is 3. The van der Waals surface area contributed by atoms with Gasteiger partial charge in [0.25, 0.3) is 5.91 Å². The Bertz CT molecular complexity index is 711. The number of carbonyl (C=O) groups is 1. The molecule has 1 amide bonds. The summed E-state index contributed by atoms with van der Waals surface area (Å²) in [6.07, 6.45) is 0.351. The Hall–Kier alpha value is -2.64. The molecule has 2 N–H and O–H groups in total. The topological polar surface area (TPSA) is 66.9 Å². The van der Waals surface area contributed by atoms with E-state index in [2.05, 4.69) is 20.6 Å². The van der Waals surface area contributed by atoms with Gasteiger partial charge in [-0.1, -0.05) is 6.07 Å². The Labute approximate surface area is 130 Å². The van der Waals surface area contributed by atoms with E-state index in [-0.39, 0.29) is 11.3 Å². The van der Waals surface area contributed by atoms with Crippen molar-refractivity contribution < 1.29 is 18.0 Å². The zero-order valence-electron chi connectivity index (χ0n) is 11.9. The van der Waals surface area contributed by atoms with Crippen LogP contribution < -0.4 is 10.6 Å². The number of carbonyl (C=O) groups excluding carboxylic acids is 1. The second-order valence-corrected chi connectivity index (χ2v) is 5.25. The molecule has 0 radical (unpaired) electrons. The van der Waals surface area contributed by atoms with Crippen molar-refractivity contribution in [2.24, 2.45) is 0 Å². The van der Waals surface area contributed by atoms with Crippen molar-refractivity contribution in [1.82, 2.24) is 9.97 Å². The van der Waals surface area contributed by atoms with Gasteiger partial charge in [0, 0.05) is 24.1 Å². The quantitative estimate of drug-likeness (QED) is 0.906. The van der Waals surface area contributed by atoms with Gasteiger partial charge in [0.1, 0.15) is 0 Å². The summed E-state index contributed by atoms with van der Waals surface area (Å²) in [5.74, 6) is -0.134. The van der Waals surface area contributed by atoms with Gasteiger partial charge in [-0.2, -0.15) is 13.2 Å². The molecule has 1 aliphatic carbocycles. The van der Waals surface area contributed by atoms with Gasteiger partial charge in [-0.25, -0.2) is 9.97 Å². The Morgan fingerprint density at radius 3 is 2.48 bits per heavy atom. The van der Waals surface area contributed by atoms with Crippen LogP contribution in [0.4, 0.5) is 24.8 Å². The highest BCUT2D eigenvalue weighted by Gasteiger charge is 2.30. The Balaban J connectivity index is 1.68. The van der Waals surface area contributed by atoms with Gasteiger partial charge in [-0.3, -0.25) is 4.79 Å². The van der Waals surface area contributed by atoms with Crippen LogP contribution in [0.5, 0.6) is 0 Å². The Morgan fingerprint density at radius 1 is 1.17 bits per heavy atom. The number of nitrogens with one attached hydrogen (secondary N) is 2. The maximum absolute atomic E-state index is 12.6. The first kappa shape index (κ1) is 15.3. The third-order valence-corrected chi connectivity index (χ3v) is 3.27. The predicted octanol–water partition coefficient (Wildman–Crippen LogP) is 3.32. The number of hydrogen-bond acceptors (Lipinski definition) is 4. The molecule has 0 atom stereocenters. The van der Waals surface area contributed by atoms with Crippen LogP contribution >= 0.6 is 0 Å². The summed E-state index contributed by atoms with van der Waals surface area (Å²) < 4.78 is 37.9. The van der Waals surface area contributed by atoms with E-state index in [9.17, 15) is 18.0 Å². The van der Waals surface area contributed by atoms with Crippen LogP contribution in [0.25, 0.3) is 0 Å². The number of aromatic nitrogens is 2. The third-order valence-electron chi connectivity index (χ3n) is 3.27. The van der Waals surface area contributed by atoms with Crippen molar-refractivity contribution in [3.8, 4) is 0 Å². The van der Waals surface area contributed by atoms with Crippen LogP contribution in [0.2, 0.25) is 0 Å². The first-order valence-electron chi connectivity index (χ1n) is 6.99. The molecule has 1 heterocycles. The lowest BCUT2D eigenvalue weighted by atomic mass is 10.2. The lowest BCUT2D eigenvalue weighted by Gasteiger charge is -2.10. The molecule has 0 bridgehead atoms. The summed E-state index contributed by atoms with van der Waals surface area (Å²) in [5, 5.41) is 5.48. The van der Waals surface area contributed by atoms with E-state index in [1.807, 2.05) is 0 Å². The number of nitrogens with zero attached hydrogens (tertiary/aromatic N) is 2. The zero-order valence-corrected chi connectivity index (χ0v) is 11.9. The lowest BCUT2D eigenvalue weighted by molar-refractivity contribution is -0.137. The molecule has 1 aromatic carbocycles.